The average molecular weight is 516 g/mol. The number of fused-ring (bicyclic) bond motifs is 2. The smallest absolute Gasteiger partial charge is 0.475 e. The van der Waals surface area contributed by atoms with Crippen LogP contribution in [-0.4, -0.2) is 55.9 Å². The highest BCUT2D eigenvalue weighted by Gasteiger charge is 2.39. The third-order valence-corrected chi connectivity index (χ3v) is 6.57. The van der Waals surface area contributed by atoms with Gasteiger partial charge >= 0.3 is 12.1 Å². The number of hydrogen-bond acceptors (Lipinski definition) is 5. The van der Waals surface area contributed by atoms with Crippen LogP contribution < -0.4 is 5.32 Å². The molecule has 5 rings (SSSR count). The molecular formula is C26H28F3N5O3. The first kappa shape index (κ1) is 26.3. The van der Waals surface area contributed by atoms with Gasteiger partial charge in [-0.2, -0.15) is 13.2 Å². The van der Waals surface area contributed by atoms with E-state index in [2.05, 4.69) is 51.6 Å². The number of aliphatic carboxylic acids is 1. The van der Waals surface area contributed by atoms with Gasteiger partial charge in [0, 0.05) is 39.1 Å². The molecule has 2 aromatic carbocycles. The molecule has 1 fully saturated rings. The van der Waals surface area contributed by atoms with Gasteiger partial charge in [-0.05, 0) is 29.9 Å². The molecule has 2 aliphatic rings. The summed E-state index contributed by atoms with van der Waals surface area (Å²) in [5, 5.41) is 18.7. The van der Waals surface area contributed by atoms with Gasteiger partial charge in [0.2, 0.25) is 5.82 Å². The molecule has 0 bridgehead atoms. The summed E-state index contributed by atoms with van der Waals surface area (Å²) < 4.78 is 33.8. The summed E-state index contributed by atoms with van der Waals surface area (Å²) >= 11 is 0. The van der Waals surface area contributed by atoms with Crippen molar-refractivity contribution < 1.29 is 27.9 Å². The Morgan fingerprint density at radius 3 is 2.35 bits per heavy atom. The van der Waals surface area contributed by atoms with Crippen molar-refractivity contribution in [3.05, 3.63) is 82.9 Å². The predicted molar refractivity (Wildman–Crippen MR) is 128 cm³/mol. The Morgan fingerprint density at radius 2 is 1.68 bits per heavy atom. The number of aromatic nitrogens is 3. The van der Waals surface area contributed by atoms with E-state index in [9.17, 15) is 18.0 Å². The minimum atomic E-state index is -5.08. The number of amides is 1. The van der Waals surface area contributed by atoms with Gasteiger partial charge in [-0.3, -0.25) is 9.69 Å². The third-order valence-electron chi connectivity index (χ3n) is 6.57. The van der Waals surface area contributed by atoms with Crippen molar-refractivity contribution in [3.8, 4) is 0 Å². The fraction of sp³-hybridized carbons (Fsp3) is 0.385. The molecule has 196 valence electrons. The number of halogens is 3. The van der Waals surface area contributed by atoms with Crippen LogP contribution in [0.4, 0.5) is 13.2 Å². The highest BCUT2D eigenvalue weighted by molar-refractivity contribution is 5.90. The van der Waals surface area contributed by atoms with Crippen molar-refractivity contribution in [2.75, 3.05) is 13.1 Å². The second-order valence-electron chi connectivity index (χ2n) is 9.43. The molecule has 2 unspecified atom stereocenters. The standard InChI is InChI=1S/C24H27N5O.C2HF3O2/c1-17-6-5-9-19(10-17)13-28-14-20-11-22-26-27-23(29(22)16-21(20)15-28)24(30)25-12-18-7-3-2-4-8-18;3-2(4,5)1(6)7/h2-10,20-21H,11-16H2,1H3,(H,25,30);(H,6,7). The molecule has 8 nitrogen and oxygen atoms in total. The van der Waals surface area contributed by atoms with Crippen LogP contribution in [0.1, 0.15) is 33.1 Å². The first-order valence-corrected chi connectivity index (χ1v) is 11.9. The Morgan fingerprint density at radius 1 is 1.00 bits per heavy atom. The highest BCUT2D eigenvalue weighted by atomic mass is 19.4. The maximum Gasteiger partial charge on any atom is 0.490 e. The number of carboxylic acids is 1. The molecule has 3 heterocycles. The topological polar surface area (TPSA) is 100 Å². The van der Waals surface area contributed by atoms with E-state index in [-0.39, 0.29) is 5.91 Å². The van der Waals surface area contributed by atoms with Crippen LogP contribution in [0.5, 0.6) is 0 Å². The Kier molecular flexibility index (Phi) is 7.91. The number of aryl methyl sites for hydroxylation is 1. The van der Waals surface area contributed by atoms with Crippen LogP contribution in [0, 0.1) is 18.8 Å². The van der Waals surface area contributed by atoms with Crippen LogP contribution in [-0.2, 0) is 30.8 Å². The summed E-state index contributed by atoms with van der Waals surface area (Å²) in [5.41, 5.74) is 3.75. The quantitative estimate of drug-likeness (QED) is 0.540. The molecular weight excluding hydrogens is 487 g/mol. The summed E-state index contributed by atoms with van der Waals surface area (Å²) in [7, 11) is 0. The molecule has 1 aromatic heterocycles. The molecule has 2 N–H and O–H groups in total. The number of hydrogen-bond donors (Lipinski definition) is 2. The zero-order chi connectivity index (χ0) is 26.6. The SMILES string of the molecule is Cc1cccc(CN2CC3Cc4nnc(C(=O)NCc5ccccc5)n4CC3C2)c1.O=C(O)C(F)(F)F. The zero-order valence-corrected chi connectivity index (χ0v) is 20.3. The molecule has 1 saturated heterocycles. The lowest BCUT2D eigenvalue weighted by Gasteiger charge is -2.25. The normalized spacial score (nSPS) is 18.8. The van der Waals surface area contributed by atoms with E-state index in [1.54, 1.807) is 0 Å². The number of alkyl halides is 3. The number of carboxylic acid groups (broad SMARTS) is 1. The largest absolute Gasteiger partial charge is 0.490 e. The number of likely N-dealkylation sites (tertiary alicyclic amines) is 1. The summed E-state index contributed by atoms with van der Waals surface area (Å²) in [6.07, 6.45) is -4.19. The van der Waals surface area contributed by atoms with Crippen molar-refractivity contribution >= 4 is 11.9 Å². The molecule has 2 atom stereocenters. The van der Waals surface area contributed by atoms with Crippen molar-refractivity contribution in [3.63, 3.8) is 0 Å². The van der Waals surface area contributed by atoms with Gasteiger partial charge in [-0.1, -0.05) is 60.2 Å². The molecule has 11 heteroatoms. The maximum atomic E-state index is 12.7. The third kappa shape index (κ3) is 6.73. The van der Waals surface area contributed by atoms with Crippen LogP contribution in [0.3, 0.4) is 0 Å². The predicted octanol–water partition coefficient (Wildman–Crippen LogP) is 3.45. The number of nitrogens with zero attached hydrogens (tertiary/aromatic N) is 4. The molecule has 2 aliphatic heterocycles. The van der Waals surface area contributed by atoms with E-state index in [4.69, 9.17) is 9.90 Å². The van der Waals surface area contributed by atoms with Gasteiger partial charge in [0.1, 0.15) is 5.82 Å². The Bertz CT molecular complexity index is 1250. The van der Waals surface area contributed by atoms with Crippen LogP contribution in [0.25, 0.3) is 0 Å². The lowest BCUT2D eigenvalue weighted by molar-refractivity contribution is -0.192. The zero-order valence-electron chi connectivity index (χ0n) is 20.3. The molecule has 1 amide bonds. The Labute approximate surface area is 212 Å². The number of benzene rings is 2. The average Bonchev–Trinajstić information content (AvgIpc) is 3.44. The van der Waals surface area contributed by atoms with Crippen LogP contribution in [0.2, 0.25) is 0 Å². The van der Waals surface area contributed by atoms with Gasteiger partial charge in [0.05, 0.1) is 0 Å². The van der Waals surface area contributed by atoms with E-state index < -0.39 is 12.1 Å². The lowest BCUT2D eigenvalue weighted by Crippen LogP contribution is -2.32. The van der Waals surface area contributed by atoms with Gasteiger partial charge in [0.25, 0.3) is 5.91 Å². The van der Waals surface area contributed by atoms with E-state index in [1.807, 2.05) is 34.9 Å². The maximum absolute atomic E-state index is 12.7. The van der Waals surface area contributed by atoms with E-state index in [0.29, 0.717) is 24.2 Å². The Balaban J connectivity index is 0.000000405. The summed E-state index contributed by atoms with van der Waals surface area (Å²) in [6.45, 7) is 6.59. The van der Waals surface area contributed by atoms with Crippen molar-refractivity contribution in [2.24, 2.45) is 11.8 Å². The van der Waals surface area contributed by atoms with Gasteiger partial charge in [-0.25, -0.2) is 4.79 Å². The van der Waals surface area contributed by atoms with E-state index in [0.717, 1.165) is 44.0 Å². The second kappa shape index (κ2) is 11.1. The second-order valence-corrected chi connectivity index (χ2v) is 9.43. The molecule has 0 radical (unpaired) electrons. The first-order chi connectivity index (χ1) is 17.6. The van der Waals surface area contributed by atoms with Crippen LogP contribution in [0.15, 0.2) is 54.6 Å². The van der Waals surface area contributed by atoms with Crippen LogP contribution >= 0.6 is 0 Å². The molecule has 0 saturated carbocycles. The number of nitrogens with one attached hydrogen (secondary N) is 1. The molecule has 37 heavy (non-hydrogen) atoms. The fourth-order valence-corrected chi connectivity index (χ4v) is 4.84. The van der Waals surface area contributed by atoms with E-state index in [1.165, 1.54) is 11.1 Å². The monoisotopic (exact) mass is 515 g/mol. The molecule has 0 spiro atoms. The lowest BCUT2D eigenvalue weighted by atomic mass is 9.89. The van der Waals surface area contributed by atoms with Crippen molar-refractivity contribution in [2.45, 2.75) is 39.2 Å². The van der Waals surface area contributed by atoms with Gasteiger partial charge < -0.3 is 15.0 Å². The molecule has 0 aliphatic carbocycles. The highest BCUT2D eigenvalue weighted by Crippen LogP contribution is 2.33. The van der Waals surface area contributed by atoms with Gasteiger partial charge in [-0.15, -0.1) is 10.2 Å². The summed E-state index contributed by atoms with van der Waals surface area (Å²) in [4.78, 5) is 24.2. The minimum absolute atomic E-state index is 0.148. The van der Waals surface area contributed by atoms with E-state index >= 15 is 0 Å². The summed E-state index contributed by atoms with van der Waals surface area (Å²) in [5.74, 6) is -0.390. The number of carbonyl (C=O) groups is 2. The fourth-order valence-electron chi connectivity index (χ4n) is 4.84. The molecule has 3 aromatic rings. The van der Waals surface area contributed by atoms with Crippen molar-refractivity contribution in [1.82, 2.24) is 25.0 Å². The number of carbonyl (C=O) groups excluding carboxylic acids is 1. The van der Waals surface area contributed by atoms with Gasteiger partial charge in [0.15, 0.2) is 0 Å². The minimum Gasteiger partial charge on any atom is -0.475 e. The first-order valence-electron chi connectivity index (χ1n) is 11.9. The Hall–Kier alpha value is -3.73. The number of rotatable bonds is 5. The van der Waals surface area contributed by atoms with Crippen molar-refractivity contribution in [1.29, 1.82) is 0 Å². The summed E-state index contributed by atoms with van der Waals surface area (Å²) in [6, 6.07) is 18.7.